The van der Waals surface area contributed by atoms with Crippen LogP contribution in [0.2, 0.25) is 0 Å². The van der Waals surface area contributed by atoms with Crippen molar-refractivity contribution in [2.45, 2.75) is 64.6 Å². The van der Waals surface area contributed by atoms with E-state index in [1.54, 1.807) is 30.3 Å². The Morgan fingerprint density at radius 1 is 0.757 bits per heavy atom. The van der Waals surface area contributed by atoms with Gasteiger partial charge in [0.2, 0.25) is 5.82 Å². The van der Waals surface area contributed by atoms with Crippen LogP contribution in [-0.4, -0.2) is 26.1 Å². The van der Waals surface area contributed by atoms with Crippen LogP contribution in [0.3, 0.4) is 0 Å². The summed E-state index contributed by atoms with van der Waals surface area (Å²) in [4.78, 5) is 0. The van der Waals surface area contributed by atoms with Gasteiger partial charge in [0.15, 0.2) is 17.9 Å². The topological polar surface area (TPSA) is 27.7 Å². The number of hydrogen-bond acceptors (Lipinski definition) is 3. The molecule has 6 heteroatoms. The van der Waals surface area contributed by atoms with Crippen molar-refractivity contribution in [3.05, 3.63) is 77.6 Å². The summed E-state index contributed by atoms with van der Waals surface area (Å²) in [7, 11) is 0. The summed E-state index contributed by atoms with van der Waals surface area (Å²) in [5, 5.41) is 0. The first-order valence-corrected chi connectivity index (χ1v) is 13.3. The van der Waals surface area contributed by atoms with Gasteiger partial charge in [0.25, 0.3) is 0 Å². The fourth-order valence-electron chi connectivity index (χ4n) is 4.58. The number of rotatable bonds is 11. The zero-order valence-corrected chi connectivity index (χ0v) is 21.6. The summed E-state index contributed by atoms with van der Waals surface area (Å²) >= 11 is 0. The molecule has 37 heavy (non-hydrogen) atoms. The minimum atomic E-state index is -0.980. The molecule has 0 bridgehead atoms. The Hall–Kier alpha value is -2.83. The summed E-state index contributed by atoms with van der Waals surface area (Å²) in [6.45, 7) is 5.40. The molecular formula is C31H35F3O3. The van der Waals surface area contributed by atoms with E-state index in [2.05, 4.69) is 13.8 Å². The second-order valence-electron chi connectivity index (χ2n) is 9.54. The molecule has 1 heterocycles. The van der Waals surface area contributed by atoms with Gasteiger partial charge >= 0.3 is 0 Å². The second-order valence-corrected chi connectivity index (χ2v) is 9.54. The lowest BCUT2D eigenvalue weighted by atomic mass is 9.95. The highest BCUT2D eigenvalue weighted by atomic mass is 19.2. The number of unbranched alkanes of at least 4 members (excludes halogenated alkanes) is 3. The number of halogens is 3. The lowest BCUT2D eigenvalue weighted by Crippen LogP contribution is -2.31. The van der Waals surface area contributed by atoms with Crippen LogP contribution in [0, 0.1) is 17.5 Å². The summed E-state index contributed by atoms with van der Waals surface area (Å²) < 4.78 is 61.3. The van der Waals surface area contributed by atoms with Gasteiger partial charge < -0.3 is 14.2 Å². The number of benzene rings is 3. The van der Waals surface area contributed by atoms with Gasteiger partial charge in [-0.2, -0.15) is 4.39 Å². The molecule has 198 valence electrons. The van der Waals surface area contributed by atoms with E-state index in [9.17, 15) is 13.2 Å². The first-order chi connectivity index (χ1) is 18.0. The summed E-state index contributed by atoms with van der Waals surface area (Å²) in [5.74, 6) is -2.45. The van der Waals surface area contributed by atoms with Gasteiger partial charge in [0.05, 0.1) is 19.8 Å². The van der Waals surface area contributed by atoms with Crippen LogP contribution in [0.15, 0.2) is 54.6 Å². The normalized spacial score (nSPS) is 17.6. The Morgan fingerprint density at radius 3 is 2.14 bits per heavy atom. The minimum absolute atomic E-state index is 0.0698. The van der Waals surface area contributed by atoms with E-state index in [-0.39, 0.29) is 29.3 Å². The maximum absolute atomic E-state index is 15.0. The molecule has 0 unspecified atom stereocenters. The fraction of sp³-hybridized carbons (Fsp3) is 0.419. The molecule has 1 fully saturated rings. The van der Waals surface area contributed by atoms with Gasteiger partial charge in [-0.05, 0) is 53.3 Å². The Balaban J connectivity index is 1.43. The molecule has 0 aromatic heterocycles. The molecule has 1 aliphatic heterocycles. The third-order valence-electron chi connectivity index (χ3n) is 6.76. The molecule has 0 N–H and O–H groups in total. The van der Waals surface area contributed by atoms with Crippen LogP contribution in [0.4, 0.5) is 13.2 Å². The third kappa shape index (κ3) is 6.74. The van der Waals surface area contributed by atoms with E-state index in [4.69, 9.17) is 14.2 Å². The van der Waals surface area contributed by atoms with E-state index in [0.717, 1.165) is 44.1 Å². The van der Waals surface area contributed by atoms with Crippen LogP contribution in [0.1, 0.15) is 63.9 Å². The highest BCUT2D eigenvalue weighted by Crippen LogP contribution is 2.33. The lowest BCUT2D eigenvalue weighted by molar-refractivity contribution is -0.190. The van der Waals surface area contributed by atoms with Crippen molar-refractivity contribution in [3.8, 4) is 28.0 Å². The second kappa shape index (κ2) is 13.1. The van der Waals surface area contributed by atoms with Crippen molar-refractivity contribution in [1.29, 1.82) is 0 Å². The maximum Gasteiger partial charge on any atom is 0.201 e. The van der Waals surface area contributed by atoms with Gasteiger partial charge in [-0.3, -0.25) is 0 Å². The largest absolute Gasteiger partial charge is 0.490 e. The lowest BCUT2D eigenvalue weighted by Gasteiger charge is -2.29. The molecule has 0 aliphatic carbocycles. The molecule has 3 nitrogen and oxygen atoms in total. The van der Waals surface area contributed by atoms with Crippen LogP contribution in [0.5, 0.6) is 5.75 Å². The van der Waals surface area contributed by atoms with Crippen molar-refractivity contribution in [1.82, 2.24) is 0 Å². The molecule has 0 spiro atoms. The molecule has 0 saturated carbocycles. The minimum Gasteiger partial charge on any atom is -0.490 e. The SMILES string of the molecule is CCCCCCOc1ccc(-c2ccc(-c3ccc(C4COC(CCC)OC4)c(F)c3)cc2)c(F)c1F. The third-order valence-corrected chi connectivity index (χ3v) is 6.76. The van der Waals surface area contributed by atoms with E-state index < -0.39 is 11.6 Å². The number of ether oxygens (including phenoxy) is 3. The van der Waals surface area contributed by atoms with Crippen LogP contribution < -0.4 is 4.74 Å². The Bertz CT molecular complexity index is 1160. The van der Waals surface area contributed by atoms with Crippen molar-refractivity contribution < 1.29 is 27.4 Å². The molecule has 3 aromatic rings. The van der Waals surface area contributed by atoms with Crippen molar-refractivity contribution in [2.75, 3.05) is 19.8 Å². The smallest absolute Gasteiger partial charge is 0.201 e. The van der Waals surface area contributed by atoms with E-state index in [1.807, 2.05) is 6.07 Å². The summed E-state index contributed by atoms with van der Waals surface area (Å²) in [6, 6.07) is 15.1. The maximum atomic E-state index is 15.0. The van der Waals surface area contributed by atoms with Crippen LogP contribution in [0.25, 0.3) is 22.3 Å². The average molecular weight is 513 g/mol. The molecule has 0 radical (unpaired) electrons. The fourth-order valence-corrected chi connectivity index (χ4v) is 4.58. The van der Waals surface area contributed by atoms with Gasteiger partial charge in [-0.25, -0.2) is 8.78 Å². The molecule has 0 atom stereocenters. The molecule has 1 aliphatic rings. The predicted molar refractivity (Wildman–Crippen MR) is 140 cm³/mol. The van der Waals surface area contributed by atoms with Gasteiger partial charge in [0.1, 0.15) is 5.82 Å². The Morgan fingerprint density at radius 2 is 1.46 bits per heavy atom. The van der Waals surface area contributed by atoms with Gasteiger partial charge in [-0.15, -0.1) is 0 Å². The molecular weight excluding hydrogens is 477 g/mol. The van der Waals surface area contributed by atoms with E-state index in [0.29, 0.717) is 36.5 Å². The first kappa shape index (κ1) is 27.2. The van der Waals surface area contributed by atoms with Crippen molar-refractivity contribution in [2.24, 2.45) is 0 Å². The zero-order chi connectivity index (χ0) is 26.2. The Kier molecular flexibility index (Phi) is 9.64. The quantitative estimate of drug-likeness (QED) is 0.241. The predicted octanol–water partition coefficient (Wildman–Crippen LogP) is 8.65. The summed E-state index contributed by atoms with van der Waals surface area (Å²) in [5.41, 5.74) is 2.74. The monoisotopic (exact) mass is 512 g/mol. The number of hydrogen-bond donors (Lipinski definition) is 0. The van der Waals surface area contributed by atoms with Gasteiger partial charge in [-0.1, -0.05) is 75.9 Å². The molecule has 1 saturated heterocycles. The zero-order valence-electron chi connectivity index (χ0n) is 21.6. The van der Waals surface area contributed by atoms with Crippen LogP contribution >= 0.6 is 0 Å². The van der Waals surface area contributed by atoms with E-state index >= 15 is 0 Å². The highest BCUT2D eigenvalue weighted by molar-refractivity contribution is 5.71. The molecule has 4 rings (SSSR count). The van der Waals surface area contributed by atoms with Gasteiger partial charge in [0, 0.05) is 11.5 Å². The molecule has 3 aromatic carbocycles. The standard InChI is InChI=1S/C31H35F3O3/c1-3-5-6-7-17-35-28-16-15-26(30(33)31(28)34)22-11-9-21(10-12-22)23-13-14-25(27(32)18-23)24-19-36-29(8-4-2)37-20-24/h9-16,18,24,29H,3-8,17,19-20H2,1-2H3. The summed E-state index contributed by atoms with van der Waals surface area (Å²) in [6.07, 6.45) is 5.59. The highest BCUT2D eigenvalue weighted by Gasteiger charge is 2.25. The van der Waals surface area contributed by atoms with Crippen LogP contribution in [-0.2, 0) is 9.47 Å². The molecule has 0 amide bonds. The van der Waals surface area contributed by atoms with E-state index in [1.165, 1.54) is 18.2 Å². The van der Waals surface area contributed by atoms with Crippen molar-refractivity contribution >= 4 is 0 Å². The Labute approximate surface area is 217 Å². The average Bonchev–Trinajstić information content (AvgIpc) is 2.92. The first-order valence-electron chi connectivity index (χ1n) is 13.3. The van der Waals surface area contributed by atoms with Crippen molar-refractivity contribution in [3.63, 3.8) is 0 Å².